The van der Waals surface area contributed by atoms with Gasteiger partial charge in [0.1, 0.15) is 0 Å². The Kier molecular flexibility index (Phi) is 6.24. The van der Waals surface area contributed by atoms with E-state index in [1.807, 2.05) is 32.1 Å². The predicted octanol–water partition coefficient (Wildman–Crippen LogP) is 3.54. The third-order valence-electron chi connectivity index (χ3n) is 4.69. The summed E-state index contributed by atoms with van der Waals surface area (Å²) in [7, 11) is 1.96. The first-order valence-corrected chi connectivity index (χ1v) is 9.39. The molecule has 1 heterocycles. The van der Waals surface area contributed by atoms with E-state index in [0.717, 1.165) is 41.4 Å². The van der Waals surface area contributed by atoms with Crippen LogP contribution in [0.25, 0.3) is 0 Å². The highest BCUT2D eigenvalue weighted by Gasteiger charge is 2.22. The number of aromatic nitrogens is 2. The molecular formula is C17H27N3OS. The minimum absolute atomic E-state index is 0.250. The van der Waals surface area contributed by atoms with Crippen LogP contribution in [0.15, 0.2) is 5.16 Å². The lowest BCUT2D eigenvalue weighted by molar-refractivity contribution is -0.132. The van der Waals surface area contributed by atoms with E-state index < -0.39 is 0 Å². The summed E-state index contributed by atoms with van der Waals surface area (Å²) in [5.41, 5.74) is 3.14. The third-order valence-corrected chi connectivity index (χ3v) is 5.24. The maximum absolute atomic E-state index is 12.4. The summed E-state index contributed by atoms with van der Waals surface area (Å²) >= 11 is 1.56. The summed E-state index contributed by atoms with van der Waals surface area (Å²) in [4.78, 5) is 23.4. The molecule has 1 aliphatic rings. The lowest BCUT2D eigenvalue weighted by atomic mass is 9.94. The van der Waals surface area contributed by atoms with E-state index in [1.165, 1.54) is 19.3 Å². The molecule has 0 spiro atoms. The summed E-state index contributed by atoms with van der Waals surface area (Å²) in [6.45, 7) is 4.03. The molecule has 22 heavy (non-hydrogen) atoms. The van der Waals surface area contributed by atoms with Gasteiger partial charge in [0, 0.05) is 30.9 Å². The SMILES string of the molecule is CSc1nc(C)c(CCC(=O)N(C)C2CCCCC2)c(C)n1. The topological polar surface area (TPSA) is 46.1 Å². The van der Waals surface area contributed by atoms with E-state index in [1.54, 1.807) is 11.8 Å². The highest BCUT2D eigenvalue weighted by atomic mass is 32.2. The lowest BCUT2D eigenvalue weighted by Gasteiger charge is -2.31. The van der Waals surface area contributed by atoms with E-state index in [4.69, 9.17) is 0 Å². The van der Waals surface area contributed by atoms with Crippen molar-refractivity contribution in [1.82, 2.24) is 14.9 Å². The molecule has 5 heteroatoms. The van der Waals surface area contributed by atoms with E-state index in [0.29, 0.717) is 12.5 Å². The Bertz CT molecular complexity index is 504. The van der Waals surface area contributed by atoms with Gasteiger partial charge in [0.2, 0.25) is 5.91 Å². The molecular weight excluding hydrogens is 294 g/mol. The first kappa shape index (κ1) is 17.3. The van der Waals surface area contributed by atoms with Crippen molar-refractivity contribution in [2.45, 2.75) is 70.0 Å². The second-order valence-electron chi connectivity index (χ2n) is 6.16. The molecule has 1 aliphatic carbocycles. The Labute approximate surface area is 138 Å². The van der Waals surface area contributed by atoms with Crippen LogP contribution >= 0.6 is 11.8 Å². The number of carbonyl (C=O) groups is 1. The van der Waals surface area contributed by atoms with Crippen molar-refractivity contribution in [1.29, 1.82) is 0 Å². The Morgan fingerprint density at radius 1 is 1.18 bits per heavy atom. The van der Waals surface area contributed by atoms with E-state index in [2.05, 4.69) is 9.97 Å². The van der Waals surface area contributed by atoms with Crippen LogP contribution in [-0.4, -0.2) is 40.1 Å². The molecule has 122 valence electrons. The average Bonchev–Trinajstić information content (AvgIpc) is 2.53. The number of nitrogens with zero attached hydrogens (tertiary/aromatic N) is 3. The number of rotatable bonds is 5. The Balaban J connectivity index is 1.96. The first-order chi connectivity index (χ1) is 10.5. The van der Waals surface area contributed by atoms with Crippen LogP contribution in [0.4, 0.5) is 0 Å². The van der Waals surface area contributed by atoms with Crippen LogP contribution in [0, 0.1) is 13.8 Å². The summed E-state index contributed by atoms with van der Waals surface area (Å²) in [6, 6.07) is 0.443. The molecule has 0 aliphatic heterocycles. The van der Waals surface area contributed by atoms with Gasteiger partial charge in [-0.15, -0.1) is 0 Å². The fourth-order valence-electron chi connectivity index (χ4n) is 3.24. The van der Waals surface area contributed by atoms with Crippen molar-refractivity contribution in [3.05, 3.63) is 17.0 Å². The number of hydrogen-bond donors (Lipinski definition) is 0. The molecule has 0 radical (unpaired) electrons. The highest BCUT2D eigenvalue weighted by molar-refractivity contribution is 7.98. The molecule has 0 atom stereocenters. The minimum atomic E-state index is 0.250. The quantitative estimate of drug-likeness (QED) is 0.615. The second-order valence-corrected chi connectivity index (χ2v) is 6.93. The van der Waals surface area contributed by atoms with Gasteiger partial charge in [-0.05, 0) is 44.9 Å². The standard InChI is InChI=1S/C17H27N3OS/c1-12-15(13(2)19-17(18-12)22-4)10-11-16(21)20(3)14-8-6-5-7-9-14/h14H,5-11H2,1-4H3. The van der Waals surface area contributed by atoms with Gasteiger partial charge in [0.15, 0.2) is 5.16 Å². The Morgan fingerprint density at radius 3 is 2.32 bits per heavy atom. The summed E-state index contributed by atoms with van der Waals surface area (Å²) in [5, 5.41) is 0.810. The minimum Gasteiger partial charge on any atom is -0.343 e. The number of hydrogen-bond acceptors (Lipinski definition) is 4. The third kappa shape index (κ3) is 4.22. The molecule has 0 bridgehead atoms. The molecule has 1 saturated carbocycles. The highest BCUT2D eigenvalue weighted by Crippen LogP contribution is 2.23. The Hall–Kier alpha value is -1.10. The molecule has 4 nitrogen and oxygen atoms in total. The normalized spacial score (nSPS) is 15.8. The zero-order valence-corrected chi connectivity index (χ0v) is 15.0. The van der Waals surface area contributed by atoms with Crippen LogP contribution in [-0.2, 0) is 11.2 Å². The maximum atomic E-state index is 12.4. The van der Waals surface area contributed by atoms with Crippen LogP contribution in [0.2, 0.25) is 0 Å². The fraction of sp³-hybridized carbons (Fsp3) is 0.706. The molecule has 0 unspecified atom stereocenters. The number of thioether (sulfide) groups is 1. The second kappa shape index (κ2) is 7.95. The fourth-order valence-corrected chi connectivity index (χ4v) is 3.70. The maximum Gasteiger partial charge on any atom is 0.222 e. The predicted molar refractivity (Wildman–Crippen MR) is 91.3 cm³/mol. The molecule has 0 N–H and O–H groups in total. The molecule has 1 aromatic heterocycles. The molecule has 1 fully saturated rings. The van der Waals surface area contributed by atoms with Crippen molar-refractivity contribution >= 4 is 17.7 Å². The van der Waals surface area contributed by atoms with Gasteiger partial charge < -0.3 is 4.90 Å². The van der Waals surface area contributed by atoms with Crippen LogP contribution in [0.1, 0.15) is 55.5 Å². The van der Waals surface area contributed by atoms with E-state index >= 15 is 0 Å². The van der Waals surface area contributed by atoms with Gasteiger partial charge in [0.25, 0.3) is 0 Å². The molecule has 0 saturated heterocycles. The van der Waals surface area contributed by atoms with Crippen LogP contribution in [0.5, 0.6) is 0 Å². The summed E-state index contributed by atoms with van der Waals surface area (Å²) < 4.78 is 0. The van der Waals surface area contributed by atoms with Gasteiger partial charge in [-0.3, -0.25) is 4.79 Å². The van der Waals surface area contributed by atoms with E-state index in [9.17, 15) is 4.79 Å². The van der Waals surface area contributed by atoms with Crippen LogP contribution < -0.4 is 0 Å². The average molecular weight is 321 g/mol. The zero-order valence-electron chi connectivity index (χ0n) is 14.2. The van der Waals surface area contributed by atoms with E-state index in [-0.39, 0.29) is 5.91 Å². The number of aryl methyl sites for hydroxylation is 2. The first-order valence-electron chi connectivity index (χ1n) is 8.16. The van der Waals surface area contributed by atoms with Crippen molar-refractivity contribution < 1.29 is 4.79 Å². The molecule has 1 amide bonds. The van der Waals surface area contributed by atoms with Gasteiger partial charge in [-0.1, -0.05) is 31.0 Å². The monoisotopic (exact) mass is 321 g/mol. The van der Waals surface area contributed by atoms with Crippen molar-refractivity contribution in [3.63, 3.8) is 0 Å². The number of amides is 1. The zero-order chi connectivity index (χ0) is 16.1. The van der Waals surface area contributed by atoms with Gasteiger partial charge in [-0.25, -0.2) is 9.97 Å². The van der Waals surface area contributed by atoms with Crippen molar-refractivity contribution in [2.75, 3.05) is 13.3 Å². The summed E-state index contributed by atoms with van der Waals surface area (Å²) in [6.07, 6.45) is 9.41. The number of carbonyl (C=O) groups excluding carboxylic acids is 1. The smallest absolute Gasteiger partial charge is 0.222 e. The van der Waals surface area contributed by atoms with Crippen LogP contribution in [0.3, 0.4) is 0 Å². The van der Waals surface area contributed by atoms with Gasteiger partial charge in [-0.2, -0.15) is 0 Å². The van der Waals surface area contributed by atoms with Crippen molar-refractivity contribution in [2.24, 2.45) is 0 Å². The summed E-state index contributed by atoms with van der Waals surface area (Å²) in [5.74, 6) is 0.250. The Morgan fingerprint density at radius 2 is 1.77 bits per heavy atom. The lowest BCUT2D eigenvalue weighted by Crippen LogP contribution is -2.38. The van der Waals surface area contributed by atoms with Gasteiger partial charge in [0.05, 0.1) is 0 Å². The molecule has 1 aromatic rings. The van der Waals surface area contributed by atoms with Crippen molar-refractivity contribution in [3.8, 4) is 0 Å². The molecule has 0 aromatic carbocycles. The largest absolute Gasteiger partial charge is 0.343 e. The van der Waals surface area contributed by atoms with Gasteiger partial charge >= 0.3 is 0 Å². The molecule has 2 rings (SSSR count).